The second-order valence-electron chi connectivity index (χ2n) is 4.30. The molecule has 0 saturated heterocycles. The lowest BCUT2D eigenvalue weighted by molar-refractivity contribution is -0.116. The number of halogens is 1. The third-order valence-corrected chi connectivity index (χ3v) is 3.83. The number of oxime groups is 1. The van der Waals surface area contributed by atoms with Gasteiger partial charge in [0.25, 0.3) is 5.91 Å². The Kier molecular flexibility index (Phi) is 5.79. The number of carbonyl (C=O) groups excluding carboxylic acids is 1. The van der Waals surface area contributed by atoms with E-state index < -0.39 is 34.6 Å². The van der Waals surface area contributed by atoms with Crippen LogP contribution in [0.15, 0.2) is 34.3 Å². The van der Waals surface area contributed by atoms with Crippen LogP contribution in [0.25, 0.3) is 0 Å². The number of nitrogens with zero attached hydrogens (tertiary/aromatic N) is 1. The van der Waals surface area contributed by atoms with E-state index in [1.54, 1.807) is 0 Å². The van der Waals surface area contributed by atoms with Gasteiger partial charge >= 0.3 is 0 Å². The van der Waals surface area contributed by atoms with Crippen molar-refractivity contribution in [3.63, 3.8) is 0 Å². The summed E-state index contributed by atoms with van der Waals surface area (Å²) in [7, 11) is -3.37. The molecule has 0 saturated carbocycles. The van der Waals surface area contributed by atoms with Crippen LogP contribution in [0.5, 0.6) is 0 Å². The predicted octanol–water partition coefficient (Wildman–Crippen LogP) is 0.0378. The number of nitrogens with one attached hydrogen (secondary N) is 1. The van der Waals surface area contributed by atoms with Crippen molar-refractivity contribution in [1.29, 1.82) is 0 Å². The lowest BCUT2D eigenvalue weighted by Gasteiger charge is -2.21. The van der Waals surface area contributed by atoms with Crippen molar-refractivity contribution in [2.75, 3.05) is 12.9 Å². The van der Waals surface area contributed by atoms with Crippen LogP contribution in [0.2, 0.25) is 0 Å². The van der Waals surface area contributed by atoms with E-state index in [1.807, 2.05) is 0 Å². The highest BCUT2D eigenvalue weighted by atomic mass is 32.2. The average Bonchev–Trinajstić information content (AvgIpc) is 2.43. The van der Waals surface area contributed by atoms with Gasteiger partial charge in [0.15, 0.2) is 9.84 Å². The Bertz CT molecular complexity index is 615. The van der Waals surface area contributed by atoms with E-state index in [-0.39, 0.29) is 10.5 Å². The first-order chi connectivity index (χ1) is 9.79. The first kappa shape index (κ1) is 17.1. The molecule has 0 aliphatic heterocycles. The molecule has 1 aromatic carbocycles. The third kappa shape index (κ3) is 4.80. The van der Waals surface area contributed by atoms with E-state index in [0.29, 0.717) is 6.21 Å². The van der Waals surface area contributed by atoms with E-state index in [2.05, 4.69) is 10.5 Å². The number of benzene rings is 1. The Morgan fingerprint density at radius 3 is 2.43 bits per heavy atom. The smallest absolute Gasteiger partial charge is 0.266 e. The maximum absolute atomic E-state index is 12.9. The second-order valence-corrected chi connectivity index (χ2v) is 6.32. The number of rotatable bonds is 6. The first-order valence-electron chi connectivity index (χ1n) is 5.81. The zero-order chi connectivity index (χ0) is 16.0. The summed E-state index contributed by atoms with van der Waals surface area (Å²) < 4.78 is 35.5. The highest BCUT2D eigenvalue weighted by Gasteiger charge is 2.22. The fraction of sp³-hybridized carbons (Fsp3) is 0.333. The van der Waals surface area contributed by atoms with E-state index in [9.17, 15) is 22.7 Å². The number of aliphatic hydroxyl groups is 1. The van der Waals surface area contributed by atoms with Crippen LogP contribution in [-0.2, 0) is 14.6 Å². The summed E-state index contributed by atoms with van der Waals surface area (Å²) in [6.07, 6.45) is 0.194. The largest absolute Gasteiger partial charge is 0.411 e. The van der Waals surface area contributed by atoms with Gasteiger partial charge in [0.05, 0.1) is 10.9 Å². The monoisotopic (exact) mass is 318 g/mol. The van der Waals surface area contributed by atoms with Gasteiger partial charge in [-0.15, -0.1) is 0 Å². The molecule has 0 bridgehead atoms. The minimum atomic E-state index is -3.37. The molecule has 9 heteroatoms. The van der Waals surface area contributed by atoms with Crippen molar-refractivity contribution in [3.8, 4) is 0 Å². The van der Waals surface area contributed by atoms with Gasteiger partial charge in [-0.1, -0.05) is 17.3 Å². The molecule has 0 spiro atoms. The number of amides is 1. The summed E-state index contributed by atoms with van der Waals surface area (Å²) in [5.41, 5.74) is 0.242. The SMILES string of the molecule is CS(=O)(=O)c1ccc([C@@H](O)[C@@H](CF)NC(=O)/C=N\O)cc1. The standard InChI is InChI=1S/C12H15FN2O5S/c1-21(19,20)9-4-2-8(3-5-9)12(17)10(6-13)15-11(16)7-14-18/h2-5,7,10,12,17-18H,6H2,1H3,(H,15,16)/b14-7-/t10-,12-/m1/s1. The normalized spacial score (nSPS) is 14.8. The van der Waals surface area contributed by atoms with Crippen LogP contribution in [0.1, 0.15) is 11.7 Å². The van der Waals surface area contributed by atoms with Crippen LogP contribution in [0.4, 0.5) is 4.39 Å². The summed E-state index contributed by atoms with van der Waals surface area (Å²) in [5.74, 6) is -0.869. The van der Waals surface area contributed by atoms with Gasteiger partial charge < -0.3 is 15.6 Å². The molecule has 0 aliphatic rings. The molecule has 0 aromatic heterocycles. The summed E-state index contributed by atoms with van der Waals surface area (Å²) >= 11 is 0. The topological polar surface area (TPSA) is 116 Å². The van der Waals surface area contributed by atoms with Gasteiger partial charge in [0.2, 0.25) is 0 Å². The lowest BCUT2D eigenvalue weighted by Crippen LogP contribution is -2.41. The number of hydrogen-bond acceptors (Lipinski definition) is 6. The molecular formula is C12H15FN2O5S. The molecule has 0 heterocycles. The fourth-order valence-electron chi connectivity index (χ4n) is 1.62. The molecule has 0 unspecified atom stereocenters. The molecule has 1 aromatic rings. The van der Waals surface area contributed by atoms with E-state index >= 15 is 0 Å². The molecule has 0 fully saturated rings. The maximum Gasteiger partial charge on any atom is 0.266 e. The first-order valence-corrected chi connectivity index (χ1v) is 7.70. The highest BCUT2D eigenvalue weighted by Crippen LogP contribution is 2.19. The number of alkyl halides is 1. The van der Waals surface area contributed by atoms with Crippen molar-refractivity contribution in [2.45, 2.75) is 17.0 Å². The summed E-state index contributed by atoms with van der Waals surface area (Å²) in [5, 5.41) is 22.8. The zero-order valence-corrected chi connectivity index (χ0v) is 11.9. The van der Waals surface area contributed by atoms with Crippen molar-refractivity contribution in [3.05, 3.63) is 29.8 Å². The molecule has 1 rings (SSSR count). The van der Waals surface area contributed by atoms with Crippen molar-refractivity contribution in [1.82, 2.24) is 5.32 Å². The predicted molar refractivity (Wildman–Crippen MR) is 72.7 cm³/mol. The number of hydrogen-bond donors (Lipinski definition) is 3. The lowest BCUT2D eigenvalue weighted by atomic mass is 10.0. The Morgan fingerprint density at radius 1 is 1.43 bits per heavy atom. The molecule has 1 amide bonds. The minimum absolute atomic E-state index is 0.0618. The molecule has 3 N–H and O–H groups in total. The molecule has 21 heavy (non-hydrogen) atoms. The second kappa shape index (κ2) is 7.14. The highest BCUT2D eigenvalue weighted by molar-refractivity contribution is 7.90. The number of aliphatic hydroxyl groups excluding tert-OH is 1. The van der Waals surface area contributed by atoms with Crippen molar-refractivity contribution < 1.29 is 27.9 Å². The molecule has 7 nitrogen and oxygen atoms in total. The van der Waals surface area contributed by atoms with E-state index in [4.69, 9.17) is 5.21 Å². The van der Waals surface area contributed by atoms with E-state index in [0.717, 1.165) is 6.26 Å². The van der Waals surface area contributed by atoms with Crippen molar-refractivity contribution in [2.24, 2.45) is 5.16 Å². The Balaban J connectivity index is 2.90. The van der Waals surface area contributed by atoms with Gasteiger partial charge in [-0.3, -0.25) is 4.79 Å². The summed E-state index contributed by atoms with van der Waals surface area (Å²) in [6, 6.07) is 3.96. The van der Waals surface area contributed by atoms with Gasteiger partial charge in [0, 0.05) is 6.26 Å². The van der Waals surface area contributed by atoms with Crippen LogP contribution in [-0.4, -0.2) is 49.8 Å². The summed E-state index contributed by atoms with van der Waals surface area (Å²) in [4.78, 5) is 11.2. The Hall–Kier alpha value is -2.00. The average molecular weight is 318 g/mol. The maximum atomic E-state index is 12.9. The number of sulfone groups is 1. The van der Waals surface area contributed by atoms with Gasteiger partial charge in [-0.2, -0.15) is 0 Å². The Morgan fingerprint density at radius 2 is 2.00 bits per heavy atom. The van der Waals surface area contributed by atoms with Crippen LogP contribution < -0.4 is 5.32 Å². The van der Waals surface area contributed by atoms with Gasteiger partial charge in [0.1, 0.15) is 19.0 Å². The van der Waals surface area contributed by atoms with Gasteiger partial charge in [-0.05, 0) is 17.7 Å². The van der Waals surface area contributed by atoms with Gasteiger partial charge in [-0.25, -0.2) is 12.8 Å². The fourth-order valence-corrected chi connectivity index (χ4v) is 2.25. The van der Waals surface area contributed by atoms with Crippen LogP contribution in [0.3, 0.4) is 0 Å². The van der Waals surface area contributed by atoms with Crippen LogP contribution >= 0.6 is 0 Å². The molecule has 2 atom stereocenters. The number of carbonyl (C=O) groups is 1. The molecule has 0 radical (unpaired) electrons. The quantitative estimate of drug-likeness (QED) is 0.389. The van der Waals surface area contributed by atoms with Crippen molar-refractivity contribution >= 4 is 22.0 Å². The van der Waals surface area contributed by atoms with E-state index in [1.165, 1.54) is 24.3 Å². The minimum Gasteiger partial charge on any atom is -0.411 e. The third-order valence-electron chi connectivity index (χ3n) is 2.70. The van der Waals surface area contributed by atoms with Crippen LogP contribution in [0, 0.1) is 0 Å². The zero-order valence-electron chi connectivity index (χ0n) is 11.1. The molecule has 116 valence electrons. The summed E-state index contributed by atoms with van der Waals surface area (Å²) in [6.45, 7) is -1.06. The molecular weight excluding hydrogens is 303 g/mol. The Labute approximate surface area is 121 Å². The molecule has 0 aliphatic carbocycles.